The predicted octanol–water partition coefficient (Wildman–Crippen LogP) is 3.17. The van der Waals surface area contributed by atoms with Gasteiger partial charge in [0.2, 0.25) is 0 Å². The molecular weight excluding hydrogens is 256 g/mol. The number of hydrogen-bond donors (Lipinski definition) is 0. The summed E-state index contributed by atoms with van der Waals surface area (Å²) in [5, 5.41) is 0.509. The maximum absolute atomic E-state index is 10.7. The maximum atomic E-state index is 10.7. The molecule has 0 saturated heterocycles. The Hall–Kier alpha value is -1.24. The number of hydrogen-bond acceptors (Lipinski definition) is 3. The van der Waals surface area contributed by atoms with E-state index in [2.05, 4.69) is 11.8 Å². The average molecular weight is 267 g/mol. The third kappa shape index (κ3) is 5.08. The Bertz CT molecular complexity index is 486. The molecule has 0 spiro atoms. The minimum Gasteiger partial charge on any atom is -0.298 e. The van der Waals surface area contributed by atoms with E-state index in [0.29, 0.717) is 29.0 Å². The van der Waals surface area contributed by atoms with Crippen LogP contribution in [-0.4, -0.2) is 17.2 Å². The van der Waals surface area contributed by atoms with Gasteiger partial charge in [-0.25, -0.2) is 0 Å². The minimum atomic E-state index is 0.102. The Kier molecular flexibility index (Phi) is 5.82. The Balaban J connectivity index is 2.57. The summed E-state index contributed by atoms with van der Waals surface area (Å²) in [6, 6.07) is 5.06. The molecule has 0 bridgehead atoms. The average Bonchev–Trinajstić information content (AvgIpc) is 2.28. The number of rotatable bonds is 3. The molecular formula is C13H11ClO2S. The second-order valence-electron chi connectivity index (χ2n) is 3.25. The fraction of sp³-hybridized carbons (Fsp3) is 0.231. The Morgan fingerprint density at radius 1 is 1.53 bits per heavy atom. The summed E-state index contributed by atoms with van der Waals surface area (Å²) in [5.74, 6) is 6.58. The summed E-state index contributed by atoms with van der Waals surface area (Å²) in [6.07, 6.45) is 1.36. The zero-order chi connectivity index (χ0) is 12.7. The normalized spacial score (nSPS) is 9.29. The summed E-state index contributed by atoms with van der Waals surface area (Å²) < 4.78 is 0. The van der Waals surface area contributed by atoms with E-state index in [4.69, 9.17) is 11.6 Å². The number of halogens is 1. The molecule has 0 fully saturated rings. The molecule has 0 atom stereocenters. The lowest BCUT2D eigenvalue weighted by molar-refractivity contribution is -0.109. The molecule has 0 heterocycles. The van der Waals surface area contributed by atoms with Crippen LogP contribution in [0, 0.1) is 11.8 Å². The van der Waals surface area contributed by atoms with Crippen LogP contribution in [0.5, 0.6) is 0 Å². The maximum Gasteiger partial charge on any atom is 0.185 e. The molecule has 1 rings (SSSR count). The standard InChI is InChI=1S/C13H11ClO2S/c1-10(16)17-7-3-2-4-11-5-6-12(9-15)13(14)8-11/h5-6,8-9H,3,7H2,1H3. The number of thioether (sulfide) groups is 1. The minimum absolute atomic E-state index is 0.102. The Labute approximate surface area is 110 Å². The summed E-state index contributed by atoms with van der Waals surface area (Å²) in [5.41, 5.74) is 1.23. The zero-order valence-corrected chi connectivity index (χ0v) is 10.9. The summed E-state index contributed by atoms with van der Waals surface area (Å²) in [6.45, 7) is 1.54. The summed E-state index contributed by atoms with van der Waals surface area (Å²) >= 11 is 7.13. The van der Waals surface area contributed by atoms with E-state index in [0.717, 1.165) is 5.56 Å². The van der Waals surface area contributed by atoms with Crippen LogP contribution in [0.1, 0.15) is 29.3 Å². The van der Waals surface area contributed by atoms with Crippen molar-refractivity contribution in [1.82, 2.24) is 0 Å². The second kappa shape index (κ2) is 7.16. The summed E-state index contributed by atoms with van der Waals surface area (Å²) in [4.78, 5) is 21.2. The number of aldehydes is 1. The molecule has 0 N–H and O–H groups in total. The van der Waals surface area contributed by atoms with Gasteiger partial charge in [-0.15, -0.1) is 0 Å². The zero-order valence-electron chi connectivity index (χ0n) is 9.33. The molecule has 0 radical (unpaired) electrons. The van der Waals surface area contributed by atoms with Crippen LogP contribution in [0.25, 0.3) is 0 Å². The highest BCUT2D eigenvalue weighted by Gasteiger charge is 1.98. The van der Waals surface area contributed by atoms with Crippen molar-refractivity contribution >= 4 is 34.8 Å². The second-order valence-corrected chi connectivity index (χ2v) is 4.93. The largest absolute Gasteiger partial charge is 0.298 e. The van der Waals surface area contributed by atoms with Gasteiger partial charge in [0.25, 0.3) is 0 Å². The van der Waals surface area contributed by atoms with Gasteiger partial charge >= 0.3 is 0 Å². The third-order valence-corrected chi connectivity index (χ3v) is 3.03. The van der Waals surface area contributed by atoms with E-state index >= 15 is 0 Å². The highest BCUT2D eigenvalue weighted by atomic mass is 35.5. The van der Waals surface area contributed by atoms with Crippen LogP contribution in [0.3, 0.4) is 0 Å². The summed E-state index contributed by atoms with van der Waals surface area (Å²) in [7, 11) is 0. The van der Waals surface area contributed by atoms with Gasteiger partial charge in [0.05, 0.1) is 5.02 Å². The SMILES string of the molecule is CC(=O)SCCC#Cc1ccc(C=O)c(Cl)c1. The van der Waals surface area contributed by atoms with E-state index in [1.54, 1.807) is 18.2 Å². The first-order valence-electron chi connectivity index (χ1n) is 5.00. The number of carbonyl (C=O) groups excluding carboxylic acids is 2. The first kappa shape index (κ1) is 13.8. The predicted molar refractivity (Wildman–Crippen MR) is 71.5 cm³/mol. The van der Waals surface area contributed by atoms with Crippen molar-refractivity contribution < 1.29 is 9.59 Å². The highest BCUT2D eigenvalue weighted by Crippen LogP contribution is 2.15. The smallest absolute Gasteiger partial charge is 0.185 e. The van der Waals surface area contributed by atoms with Gasteiger partial charge in [-0.1, -0.05) is 35.2 Å². The molecule has 1 aromatic rings. The van der Waals surface area contributed by atoms with Crippen LogP contribution in [0.15, 0.2) is 18.2 Å². The van der Waals surface area contributed by atoms with Gasteiger partial charge in [0, 0.05) is 30.2 Å². The lowest BCUT2D eigenvalue weighted by Gasteiger charge is -1.96. The van der Waals surface area contributed by atoms with Crippen molar-refractivity contribution in [3.63, 3.8) is 0 Å². The third-order valence-electron chi connectivity index (χ3n) is 1.89. The molecule has 0 aliphatic carbocycles. The Morgan fingerprint density at radius 2 is 2.29 bits per heavy atom. The van der Waals surface area contributed by atoms with Gasteiger partial charge < -0.3 is 0 Å². The molecule has 0 aliphatic rings. The van der Waals surface area contributed by atoms with E-state index in [1.165, 1.54) is 18.7 Å². The molecule has 17 heavy (non-hydrogen) atoms. The van der Waals surface area contributed by atoms with Gasteiger partial charge in [-0.3, -0.25) is 9.59 Å². The molecule has 0 aliphatic heterocycles. The molecule has 88 valence electrons. The lowest BCUT2D eigenvalue weighted by atomic mass is 10.1. The van der Waals surface area contributed by atoms with E-state index in [1.807, 2.05) is 0 Å². The Morgan fingerprint density at radius 3 is 2.88 bits per heavy atom. The fourth-order valence-corrected chi connectivity index (χ4v) is 1.83. The van der Waals surface area contributed by atoms with E-state index in [9.17, 15) is 9.59 Å². The van der Waals surface area contributed by atoms with Crippen molar-refractivity contribution in [3.8, 4) is 11.8 Å². The number of benzene rings is 1. The number of carbonyl (C=O) groups is 2. The van der Waals surface area contributed by atoms with Crippen LogP contribution < -0.4 is 0 Å². The van der Waals surface area contributed by atoms with Crippen molar-refractivity contribution in [2.24, 2.45) is 0 Å². The molecule has 0 amide bonds. The van der Waals surface area contributed by atoms with Crippen molar-refractivity contribution in [2.75, 3.05) is 5.75 Å². The molecule has 0 saturated carbocycles. The van der Waals surface area contributed by atoms with Gasteiger partial charge in [0.15, 0.2) is 11.4 Å². The molecule has 0 aromatic heterocycles. The quantitative estimate of drug-likeness (QED) is 0.479. The van der Waals surface area contributed by atoms with Crippen LogP contribution >= 0.6 is 23.4 Å². The highest BCUT2D eigenvalue weighted by molar-refractivity contribution is 8.13. The van der Waals surface area contributed by atoms with Crippen molar-refractivity contribution in [1.29, 1.82) is 0 Å². The fourth-order valence-electron chi connectivity index (χ4n) is 1.11. The first-order valence-corrected chi connectivity index (χ1v) is 6.37. The van der Waals surface area contributed by atoms with Crippen molar-refractivity contribution in [3.05, 3.63) is 34.3 Å². The van der Waals surface area contributed by atoms with Crippen molar-refractivity contribution in [2.45, 2.75) is 13.3 Å². The monoisotopic (exact) mass is 266 g/mol. The first-order chi connectivity index (χ1) is 8.13. The van der Waals surface area contributed by atoms with Gasteiger partial charge in [0.1, 0.15) is 0 Å². The van der Waals surface area contributed by atoms with Crippen LogP contribution in [0.4, 0.5) is 0 Å². The van der Waals surface area contributed by atoms with Gasteiger partial charge in [-0.05, 0) is 18.2 Å². The van der Waals surface area contributed by atoms with E-state index < -0.39 is 0 Å². The van der Waals surface area contributed by atoms with E-state index in [-0.39, 0.29) is 5.12 Å². The van der Waals surface area contributed by atoms with Crippen LogP contribution in [-0.2, 0) is 4.79 Å². The molecule has 4 heteroatoms. The molecule has 2 nitrogen and oxygen atoms in total. The van der Waals surface area contributed by atoms with Crippen LogP contribution in [0.2, 0.25) is 5.02 Å². The molecule has 0 unspecified atom stereocenters. The van der Waals surface area contributed by atoms with Gasteiger partial charge in [-0.2, -0.15) is 0 Å². The lowest BCUT2D eigenvalue weighted by Crippen LogP contribution is -1.85. The topological polar surface area (TPSA) is 34.1 Å². The molecule has 1 aromatic carbocycles.